The molecule has 1 aromatic rings. The van der Waals surface area contributed by atoms with Crippen LogP contribution in [0.2, 0.25) is 0 Å². The summed E-state index contributed by atoms with van der Waals surface area (Å²) in [5.74, 6) is 0.921. The highest BCUT2D eigenvalue weighted by Crippen LogP contribution is 2.29. The van der Waals surface area contributed by atoms with Crippen molar-refractivity contribution in [1.29, 1.82) is 0 Å². The first-order valence-corrected chi connectivity index (χ1v) is 4.44. The minimum Gasteiger partial charge on any atom is -0.491 e. The molecule has 2 heteroatoms. The van der Waals surface area contributed by atoms with E-state index in [0.29, 0.717) is 6.61 Å². The van der Waals surface area contributed by atoms with Crippen molar-refractivity contribution in [2.24, 2.45) is 0 Å². The second-order valence-electron chi connectivity index (χ2n) is 3.33. The Labute approximate surface area is 78.2 Å². The quantitative estimate of drug-likeness (QED) is 0.654. The summed E-state index contributed by atoms with van der Waals surface area (Å²) >= 11 is 0. The molecule has 13 heavy (non-hydrogen) atoms. The molecule has 0 unspecified atom stereocenters. The maximum Gasteiger partial charge on any atom is 0.142 e. The van der Waals surface area contributed by atoms with Crippen LogP contribution in [0, 0.1) is 6.92 Å². The summed E-state index contributed by atoms with van der Waals surface area (Å²) in [4.78, 5) is 0. The number of hydrogen-bond donors (Lipinski definition) is 1. The molecule has 0 aromatic heterocycles. The monoisotopic (exact) mass is 175 g/mol. The third kappa shape index (κ3) is 1.66. The van der Waals surface area contributed by atoms with Crippen LogP contribution in [0.1, 0.15) is 12.0 Å². The highest BCUT2D eigenvalue weighted by atomic mass is 16.5. The zero-order valence-electron chi connectivity index (χ0n) is 7.76. The minimum atomic E-state index is 0.710. The van der Waals surface area contributed by atoms with Gasteiger partial charge >= 0.3 is 0 Å². The van der Waals surface area contributed by atoms with Crippen LogP contribution in [-0.2, 0) is 0 Å². The molecule has 1 N–H and O–H groups in total. The Kier molecular flexibility index (Phi) is 1.97. The molecule has 1 heterocycles. The van der Waals surface area contributed by atoms with Crippen molar-refractivity contribution in [1.82, 2.24) is 0 Å². The lowest BCUT2D eigenvalue weighted by Gasteiger charge is -2.08. The standard InChI is InChI=1S/C11H13NO/c1-8-3-4-11-10(7-8)12-9(2)5-6-13-11/h3-4,7,12H,2,5-6H2,1H3. The summed E-state index contributed by atoms with van der Waals surface area (Å²) in [6.07, 6.45) is 0.869. The predicted molar refractivity (Wildman–Crippen MR) is 54.1 cm³/mol. The van der Waals surface area contributed by atoms with Gasteiger partial charge in [-0.05, 0) is 24.6 Å². The van der Waals surface area contributed by atoms with Crippen LogP contribution in [-0.4, -0.2) is 6.61 Å². The van der Waals surface area contributed by atoms with Gasteiger partial charge in [0.1, 0.15) is 5.75 Å². The summed E-state index contributed by atoms with van der Waals surface area (Å²) < 4.78 is 5.55. The Morgan fingerprint density at radius 2 is 2.31 bits per heavy atom. The number of nitrogens with one attached hydrogen (secondary N) is 1. The van der Waals surface area contributed by atoms with E-state index < -0.39 is 0 Å². The van der Waals surface area contributed by atoms with Gasteiger partial charge in [0, 0.05) is 12.1 Å². The van der Waals surface area contributed by atoms with Crippen molar-refractivity contribution < 1.29 is 4.74 Å². The molecule has 0 aliphatic carbocycles. The van der Waals surface area contributed by atoms with Gasteiger partial charge in [-0.3, -0.25) is 0 Å². The van der Waals surface area contributed by atoms with E-state index >= 15 is 0 Å². The SMILES string of the molecule is C=C1CCOc2ccc(C)cc2N1. The molecule has 0 fully saturated rings. The Morgan fingerprint density at radius 1 is 1.46 bits per heavy atom. The fourth-order valence-corrected chi connectivity index (χ4v) is 1.40. The Hall–Kier alpha value is -1.44. The van der Waals surface area contributed by atoms with Gasteiger partial charge in [0.2, 0.25) is 0 Å². The van der Waals surface area contributed by atoms with Gasteiger partial charge in [0.25, 0.3) is 0 Å². The van der Waals surface area contributed by atoms with Gasteiger partial charge in [-0.2, -0.15) is 0 Å². The maximum atomic E-state index is 5.55. The molecule has 2 rings (SSSR count). The van der Waals surface area contributed by atoms with E-state index in [1.807, 2.05) is 6.07 Å². The van der Waals surface area contributed by atoms with E-state index in [1.165, 1.54) is 5.56 Å². The number of rotatable bonds is 0. The minimum absolute atomic E-state index is 0.710. The molecule has 0 amide bonds. The lowest BCUT2D eigenvalue weighted by atomic mass is 10.2. The van der Waals surface area contributed by atoms with Crippen LogP contribution in [0.3, 0.4) is 0 Å². The van der Waals surface area contributed by atoms with Gasteiger partial charge in [0.05, 0.1) is 12.3 Å². The van der Waals surface area contributed by atoms with Crippen LogP contribution < -0.4 is 10.1 Å². The summed E-state index contributed by atoms with van der Waals surface area (Å²) in [5.41, 5.74) is 3.27. The number of ether oxygens (including phenoxy) is 1. The zero-order chi connectivity index (χ0) is 9.26. The first-order valence-electron chi connectivity index (χ1n) is 4.44. The first-order chi connectivity index (χ1) is 6.25. The molecule has 1 aliphatic heterocycles. The van der Waals surface area contributed by atoms with E-state index in [2.05, 4.69) is 31.0 Å². The van der Waals surface area contributed by atoms with E-state index in [1.54, 1.807) is 0 Å². The van der Waals surface area contributed by atoms with Crippen LogP contribution in [0.4, 0.5) is 5.69 Å². The van der Waals surface area contributed by atoms with Crippen LogP contribution in [0.25, 0.3) is 0 Å². The second-order valence-corrected chi connectivity index (χ2v) is 3.33. The van der Waals surface area contributed by atoms with Crippen molar-refractivity contribution >= 4 is 5.69 Å². The van der Waals surface area contributed by atoms with Gasteiger partial charge < -0.3 is 10.1 Å². The zero-order valence-corrected chi connectivity index (χ0v) is 7.76. The van der Waals surface area contributed by atoms with Crippen molar-refractivity contribution in [2.45, 2.75) is 13.3 Å². The maximum absolute atomic E-state index is 5.55. The molecule has 0 bridgehead atoms. The highest BCUT2D eigenvalue weighted by Gasteiger charge is 2.09. The average molecular weight is 175 g/mol. The van der Waals surface area contributed by atoms with E-state index in [9.17, 15) is 0 Å². The Balaban J connectivity index is 2.40. The number of aryl methyl sites for hydroxylation is 1. The van der Waals surface area contributed by atoms with Crippen LogP contribution >= 0.6 is 0 Å². The van der Waals surface area contributed by atoms with Gasteiger partial charge in [-0.25, -0.2) is 0 Å². The van der Waals surface area contributed by atoms with Crippen molar-refractivity contribution in [2.75, 3.05) is 11.9 Å². The van der Waals surface area contributed by atoms with Gasteiger partial charge in [-0.1, -0.05) is 12.6 Å². The molecule has 0 radical (unpaired) electrons. The fourth-order valence-electron chi connectivity index (χ4n) is 1.40. The normalized spacial score (nSPS) is 15.3. The Morgan fingerprint density at radius 3 is 3.15 bits per heavy atom. The van der Waals surface area contributed by atoms with E-state index in [-0.39, 0.29) is 0 Å². The third-order valence-electron chi connectivity index (χ3n) is 2.11. The molecule has 1 aromatic carbocycles. The largest absolute Gasteiger partial charge is 0.491 e. The number of fused-ring (bicyclic) bond motifs is 1. The third-order valence-corrected chi connectivity index (χ3v) is 2.11. The molecule has 0 spiro atoms. The van der Waals surface area contributed by atoms with Gasteiger partial charge in [-0.15, -0.1) is 0 Å². The lowest BCUT2D eigenvalue weighted by Crippen LogP contribution is -1.96. The lowest BCUT2D eigenvalue weighted by molar-refractivity contribution is 0.328. The molecule has 0 atom stereocenters. The smallest absolute Gasteiger partial charge is 0.142 e. The highest BCUT2D eigenvalue weighted by molar-refractivity contribution is 5.61. The summed E-state index contributed by atoms with van der Waals surface area (Å²) in [6.45, 7) is 6.69. The average Bonchev–Trinajstić information content (AvgIpc) is 2.25. The summed E-state index contributed by atoms with van der Waals surface area (Å²) in [7, 11) is 0. The molecule has 2 nitrogen and oxygen atoms in total. The van der Waals surface area contributed by atoms with E-state index in [0.717, 1.165) is 23.6 Å². The topological polar surface area (TPSA) is 21.3 Å². The van der Waals surface area contributed by atoms with Crippen molar-refractivity contribution in [3.8, 4) is 5.75 Å². The summed E-state index contributed by atoms with van der Waals surface area (Å²) in [6, 6.07) is 6.12. The summed E-state index contributed by atoms with van der Waals surface area (Å²) in [5, 5.41) is 3.24. The number of benzene rings is 1. The fraction of sp³-hybridized carbons (Fsp3) is 0.273. The molecule has 1 aliphatic rings. The molecule has 0 saturated heterocycles. The first kappa shape index (κ1) is 8.17. The van der Waals surface area contributed by atoms with Crippen molar-refractivity contribution in [3.05, 3.63) is 36.0 Å². The number of hydrogen-bond acceptors (Lipinski definition) is 2. The number of anilines is 1. The van der Waals surface area contributed by atoms with Crippen molar-refractivity contribution in [3.63, 3.8) is 0 Å². The van der Waals surface area contributed by atoms with Gasteiger partial charge in [0.15, 0.2) is 0 Å². The predicted octanol–water partition coefficient (Wildman–Crippen LogP) is 2.70. The molecule has 0 saturated carbocycles. The molecule has 68 valence electrons. The Bertz CT molecular complexity index is 344. The molecular weight excluding hydrogens is 162 g/mol. The second kappa shape index (κ2) is 3.13. The van der Waals surface area contributed by atoms with E-state index in [4.69, 9.17) is 4.74 Å². The molecular formula is C11H13NO. The van der Waals surface area contributed by atoms with Crippen LogP contribution in [0.15, 0.2) is 30.5 Å². The van der Waals surface area contributed by atoms with Crippen LogP contribution in [0.5, 0.6) is 5.75 Å².